The third kappa shape index (κ3) is 1.95. The van der Waals surface area contributed by atoms with Crippen molar-refractivity contribution in [3.05, 3.63) is 0 Å². The molecule has 0 aromatic heterocycles. The SMILES string of the molecule is CC1CN1C(=O)C(Br)(Br)Br. The van der Waals surface area contributed by atoms with Crippen LogP contribution in [0.1, 0.15) is 6.92 Å². The van der Waals surface area contributed by atoms with Crippen LogP contribution < -0.4 is 0 Å². The van der Waals surface area contributed by atoms with E-state index in [0.29, 0.717) is 6.04 Å². The molecule has 1 heterocycles. The van der Waals surface area contributed by atoms with Gasteiger partial charge >= 0.3 is 0 Å². The maximum atomic E-state index is 11.2. The summed E-state index contributed by atoms with van der Waals surface area (Å²) in [7, 11) is 0. The van der Waals surface area contributed by atoms with Crippen LogP contribution in [0.2, 0.25) is 0 Å². The summed E-state index contributed by atoms with van der Waals surface area (Å²) in [6.45, 7) is 2.88. The van der Waals surface area contributed by atoms with Gasteiger partial charge in [-0.2, -0.15) is 0 Å². The Labute approximate surface area is 84.7 Å². The number of carbonyl (C=O) groups is 1. The topological polar surface area (TPSA) is 20.1 Å². The highest BCUT2D eigenvalue weighted by molar-refractivity contribution is 9.40. The average Bonchev–Trinajstić information content (AvgIpc) is 2.42. The van der Waals surface area contributed by atoms with E-state index in [1.807, 2.05) is 6.92 Å². The number of hydrogen-bond acceptors (Lipinski definition) is 1. The second-order valence-electron chi connectivity index (χ2n) is 2.30. The van der Waals surface area contributed by atoms with Crippen molar-refractivity contribution in [2.45, 2.75) is 15.1 Å². The third-order valence-corrected chi connectivity index (χ3v) is 2.38. The molecule has 0 spiro atoms. The lowest BCUT2D eigenvalue weighted by atomic mass is 10.6. The highest BCUT2D eigenvalue weighted by atomic mass is 80.0. The standard InChI is InChI=1S/C5H6Br3NO/c1-3-2-9(3)4(10)5(6,7)8/h3H,2H2,1H3. The zero-order valence-electron chi connectivity index (χ0n) is 5.27. The lowest BCUT2D eigenvalue weighted by molar-refractivity contribution is -0.124. The van der Waals surface area contributed by atoms with Crippen molar-refractivity contribution in [2.75, 3.05) is 6.54 Å². The maximum Gasteiger partial charge on any atom is 0.261 e. The minimum absolute atomic E-state index is 0.0278. The smallest absolute Gasteiger partial charge is 0.261 e. The van der Waals surface area contributed by atoms with E-state index in [0.717, 1.165) is 6.54 Å². The van der Waals surface area contributed by atoms with Gasteiger partial charge in [0.2, 0.25) is 2.14 Å². The van der Waals surface area contributed by atoms with Gasteiger partial charge in [0.25, 0.3) is 5.91 Å². The molecule has 10 heavy (non-hydrogen) atoms. The number of halogens is 3. The number of hydrogen-bond donors (Lipinski definition) is 0. The molecule has 1 atom stereocenters. The molecule has 0 radical (unpaired) electrons. The van der Waals surface area contributed by atoms with Gasteiger partial charge in [0.1, 0.15) is 0 Å². The van der Waals surface area contributed by atoms with Crippen LogP contribution in [0.5, 0.6) is 0 Å². The zero-order valence-corrected chi connectivity index (χ0v) is 10.0. The summed E-state index contributed by atoms with van der Waals surface area (Å²) in [5.41, 5.74) is 0. The first kappa shape index (κ1) is 9.00. The fraction of sp³-hybridized carbons (Fsp3) is 0.800. The Kier molecular flexibility index (Phi) is 2.48. The van der Waals surface area contributed by atoms with Crippen LogP contribution in [0.3, 0.4) is 0 Å². The first-order valence-corrected chi connectivity index (χ1v) is 5.18. The van der Waals surface area contributed by atoms with Gasteiger partial charge < -0.3 is 4.90 Å². The predicted octanol–water partition coefficient (Wildman–Crippen LogP) is 2.06. The van der Waals surface area contributed by atoms with E-state index in [1.54, 1.807) is 4.90 Å². The van der Waals surface area contributed by atoms with Crippen LogP contribution in [-0.4, -0.2) is 25.5 Å². The minimum atomic E-state index is -0.752. The van der Waals surface area contributed by atoms with E-state index in [-0.39, 0.29) is 5.91 Å². The van der Waals surface area contributed by atoms with Crippen molar-refractivity contribution >= 4 is 53.7 Å². The van der Waals surface area contributed by atoms with Crippen molar-refractivity contribution in [3.8, 4) is 0 Å². The molecule has 0 saturated carbocycles. The molecule has 0 aliphatic carbocycles. The van der Waals surface area contributed by atoms with Gasteiger partial charge in [-0.1, -0.05) is 0 Å². The molecular weight excluding hydrogens is 330 g/mol. The normalized spacial score (nSPS) is 24.8. The zero-order chi connectivity index (χ0) is 7.94. The first-order valence-electron chi connectivity index (χ1n) is 2.80. The number of alkyl halides is 3. The molecule has 2 nitrogen and oxygen atoms in total. The van der Waals surface area contributed by atoms with Crippen molar-refractivity contribution in [1.82, 2.24) is 4.90 Å². The number of rotatable bonds is 0. The van der Waals surface area contributed by atoms with Crippen molar-refractivity contribution in [2.24, 2.45) is 0 Å². The van der Waals surface area contributed by atoms with Gasteiger partial charge in [-0.3, -0.25) is 4.79 Å². The molecule has 5 heteroatoms. The van der Waals surface area contributed by atoms with Gasteiger partial charge in [-0.25, -0.2) is 0 Å². The lowest BCUT2D eigenvalue weighted by Gasteiger charge is -2.11. The largest absolute Gasteiger partial charge is 0.333 e. The van der Waals surface area contributed by atoms with Crippen molar-refractivity contribution in [1.29, 1.82) is 0 Å². The number of carbonyl (C=O) groups excluding carboxylic acids is 1. The van der Waals surface area contributed by atoms with E-state index in [9.17, 15) is 4.79 Å². The third-order valence-electron chi connectivity index (χ3n) is 1.36. The molecule has 1 aliphatic heterocycles. The molecule has 0 N–H and O–H groups in total. The first-order chi connectivity index (χ1) is 4.43. The summed E-state index contributed by atoms with van der Waals surface area (Å²) < 4.78 is -0.752. The summed E-state index contributed by atoms with van der Waals surface area (Å²) >= 11 is 9.46. The Morgan fingerprint density at radius 2 is 2.00 bits per heavy atom. The molecule has 1 saturated heterocycles. The summed E-state index contributed by atoms with van der Waals surface area (Å²) in [6, 6.07) is 0.402. The molecule has 1 fully saturated rings. The van der Waals surface area contributed by atoms with Crippen LogP contribution in [0.25, 0.3) is 0 Å². The monoisotopic (exact) mass is 333 g/mol. The minimum Gasteiger partial charge on any atom is -0.333 e. The summed E-state index contributed by atoms with van der Waals surface area (Å²) in [6.07, 6.45) is 0. The van der Waals surface area contributed by atoms with Crippen LogP contribution >= 0.6 is 47.8 Å². The molecule has 1 unspecified atom stereocenters. The van der Waals surface area contributed by atoms with E-state index >= 15 is 0 Å². The highest BCUT2D eigenvalue weighted by Gasteiger charge is 2.43. The van der Waals surface area contributed by atoms with E-state index < -0.39 is 2.14 Å². The molecule has 58 valence electrons. The van der Waals surface area contributed by atoms with Crippen molar-refractivity contribution < 1.29 is 4.79 Å². The lowest BCUT2D eigenvalue weighted by Crippen LogP contribution is -2.26. The fourth-order valence-electron chi connectivity index (χ4n) is 0.683. The molecule has 1 rings (SSSR count). The molecule has 0 aromatic carbocycles. The Hall–Kier alpha value is 0.910. The average molecular weight is 336 g/mol. The fourth-order valence-corrected chi connectivity index (χ4v) is 1.37. The highest BCUT2D eigenvalue weighted by Crippen LogP contribution is 2.38. The van der Waals surface area contributed by atoms with Gasteiger partial charge in [0.05, 0.1) is 0 Å². The Morgan fingerprint density at radius 3 is 2.10 bits per heavy atom. The predicted molar refractivity (Wildman–Crippen MR) is 50.7 cm³/mol. The van der Waals surface area contributed by atoms with E-state index in [4.69, 9.17) is 0 Å². The van der Waals surface area contributed by atoms with Crippen molar-refractivity contribution in [3.63, 3.8) is 0 Å². The van der Waals surface area contributed by atoms with Crippen LogP contribution in [0.15, 0.2) is 0 Å². The summed E-state index contributed by atoms with van der Waals surface area (Å²) in [5, 5.41) is 0. The van der Waals surface area contributed by atoms with E-state index in [2.05, 4.69) is 47.8 Å². The Balaban J connectivity index is 2.51. The molecular formula is C5H6Br3NO. The molecule has 1 aliphatic rings. The van der Waals surface area contributed by atoms with Gasteiger partial charge in [-0.05, 0) is 54.7 Å². The van der Waals surface area contributed by atoms with Gasteiger partial charge in [-0.15, -0.1) is 0 Å². The summed E-state index contributed by atoms with van der Waals surface area (Å²) in [4.78, 5) is 13.0. The number of nitrogens with zero attached hydrogens (tertiary/aromatic N) is 1. The Bertz CT molecular complexity index is 165. The van der Waals surface area contributed by atoms with Gasteiger partial charge in [0.15, 0.2) is 0 Å². The number of amides is 1. The van der Waals surface area contributed by atoms with Crippen LogP contribution in [0, 0.1) is 0 Å². The molecule has 0 aromatic rings. The Morgan fingerprint density at radius 1 is 1.60 bits per heavy atom. The van der Waals surface area contributed by atoms with E-state index in [1.165, 1.54) is 0 Å². The maximum absolute atomic E-state index is 11.2. The van der Waals surface area contributed by atoms with Gasteiger partial charge in [0, 0.05) is 12.6 Å². The van der Waals surface area contributed by atoms with Crippen LogP contribution in [0.4, 0.5) is 0 Å². The second kappa shape index (κ2) is 2.75. The quantitative estimate of drug-likeness (QED) is 0.490. The molecule has 1 amide bonds. The second-order valence-corrected chi connectivity index (χ2v) is 9.07. The summed E-state index contributed by atoms with van der Waals surface area (Å²) in [5.74, 6) is 0.0278. The van der Waals surface area contributed by atoms with Crippen LogP contribution in [-0.2, 0) is 4.79 Å². The molecule has 0 bridgehead atoms.